The van der Waals surface area contributed by atoms with E-state index in [4.69, 9.17) is 13.8 Å². The van der Waals surface area contributed by atoms with Crippen molar-refractivity contribution in [1.82, 2.24) is 5.32 Å². The molecule has 0 radical (unpaired) electrons. The van der Waals surface area contributed by atoms with Crippen LogP contribution in [0.4, 0.5) is 0 Å². The summed E-state index contributed by atoms with van der Waals surface area (Å²) in [6, 6.07) is -0.919. The highest BCUT2D eigenvalue weighted by molar-refractivity contribution is 7.45. The molecule has 0 aliphatic rings. The maximum atomic E-state index is 13.4. The van der Waals surface area contributed by atoms with E-state index < -0.39 is 26.6 Å². The number of hydrogen-bond donors (Lipinski definition) is 1. The van der Waals surface area contributed by atoms with Gasteiger partial charge in [-0.25, -0.2) is 0 Å². The fraction of sp³-hybridized carbons (Fsp3) is 0.667. The van der Waals surface area contributed by atoms with Gasteiger partial charge in [-0.05, 0) is 109 Å². The number of hydrogen-bond acceptors (Lipinski definition) is 7. The van der Waals surface area contributed by atoms with Crippen molar-refractivity contribution >= 4 is 19.7 Å². The standard InChI is InChI=1S/C60H103N2O7P/c1-7-10-13-16-19-22-25-27-29-30-31-32-33-35-38-41-44-47-50-53-60(64)69-58(51-48-45-42-39-36-24-21-18-15-12-9-3)57(56-68-70(65,66)67-55-54-62(4,5)6)61-59(63)52-49-46-43-40-37-34-28-26-23-20-17-14-11-8-2/h10-11,13-14,19-20,22-23,27-29,31-32,34-35,38,48,51,57-58H,7-9,12,15-18,21,24-26,30,33,36-37,39-47,49-50,52-56H2,1-6H3,(H-,61,63,65,66)/b13-10-,14-11+,22-19-,23-20+,29-27-,32-31-,34-28+,38-35-,51-48+. The highest BCUT2D eigenvalue weighted by Crippen LogP contribution is 2.38. The van der Waals surface area contributed by atoms with E-state index in [0.717, 1.165) is 116 Å². The molecular weight excluding hydrogens is 892 g/mol. The summed E-state index contributed by atoms with van der Waals surface area (Å²) in [6.45, 7) is 6.53. The van der Waals surface area contributed by atoms with Crippen LogP contribution >= 0.6 is 7.82 Å². The van der Waals surface area contributed by atoms with Crippen LogP contribution in [0.3, 0.4) is 0 Å². The number of phosphoric acid groups is 1. The monoisotopic (exact) mass is 995 g/mol. The van der Waals surface area contributed by atoms with Crippen molar-refractivity contribution < 1.29 is 37.3 Å². The summed E-state index contributed by atoms with van der Waals surface area (Å²) in [5, 5.41) is 2.99. The Morgan fingerprint density at radius 1 is 0.514 bits per heavy atom. The van der Waals surface area contributed by atoms with Crippen molar-refractivity contribution in [2.75, 3.05) is 40.9 Å². The van der Waals surface area contributed by atoms with Crippen LogP contribution in [-0.2, 0) is 27.9 Å². The lowest BCUT2D eigenvalue weighted by Gasteiger charge is -2.30. The largest absolute Gasteiger partial charge is 0.756 e. The summed E-state index contributed by atoms with van der Waals surface area (Å²) in [6.07, 6.45) is 66.3. The number of carbonyl (C=O) groups excluding carboxylic acids is 2. The second-order valence-corrected chi connectivity index (χ2v) is 20.7. The first-order chi connectivity index (χ1) is 33.9. The van der Waals surface area contributed by atoms with Crippen molar-refractivity contribution in [2.45, 2.75) is 219 Å². The number of quaternary nitrogens is 1. The van der Waals surface area contributed by atoms with E-state index in [-0.39, 0.29) is 31.3 Å². The summed E-state index contributed by atoms with van der Waals surface area (Å²) in [5.74, 6) is -0.616. The molecule has 0 aliphatic carbocycles. The van der Waals surface area contributed by atoms with E-state index in [9.17, 15) is 19.0 Å². The Morgan fingerprint density at radius 2 is 0.914 bits per heavy atom. The molecule has 0 saturated heterocycles. The minimum absolute atomic E-state index is 0.0385. The van der Waals surface area contributed by atoms with Gasteiger partial charge >= 0.3 is 5.97 Å². The quantitative estimate of drug-likeness (QED) is 0.0212. The van der Waals surface area contributed by atoms with Crippen molar-refractivity contribution in [3.8, 4) is 0 Å². The zero-order valence-electron chi connectivity index (χ0n) is 45.4. The minimum atomic E-state index is -4.71. The maximum Gasteiger partial charge on any atom is 0.306 e. The van der Waals surface area contributed by atoms with Crippen LogP contribution in [0, 0.1) is 0 Å². The first kappa shape index (κ1) is 66.7. The molecule has 0 rings (SSSR count). The van der Waals surface area contributed by atoms with Crippen LogP contribution in [-0.4, -0.2) is 69.4 Å². The molecule has 70 heavy (non-hydrogen) atoms. The van der Waals surface area contributed by atoms with Crippen LogP contribution in [0.5, 0.6) is 0 Å². The van der Waals surface area contributed by atoms with E-state index >= 15 is 0 Å². The first-order valence-corrected chi connectivity index (χ1v) is 29.2. The van der Waals surface area contributed by atoms with Gasteiger partial charge in [0, 0.05) is 12.8 Å². The van der Waals surface area contributed by atoms with Crippen LogP contribution in [0.1, 0.15) is 207 Å². The molecule has 0 aliphatic heterocycles. The summed E-state index contributed by atoms with van der Waals surface area (Å²) in [4.78, 5) is 39.8. The van der Waals surface area contributed by atoms with E-state index in [1.165, 1.54) is 44.9 Å². The van der Waals surface area contributed by atoms with Crippen LogP contribution in [0.15, 0.2) is 109 Å². The number of phosphoric ester groups is 1. The Bertz CT molecular complexity index is 1570. The van der Waals surface area contributed by atoms with E-state index in [0.29, 0.717) is 23.9 Å². The van der Waals surface area contributed by atoms with Crippen LogP contribution < -0.4 is 10.2 Å². The highest BCUT2D eigenvalue weighted by atomic mass is 31.2. The number of likely N-dealkylation sites (N-methyl/N-ethyl adjacent to an activating group) is 1. The zero-order chi connectivity index (χ0) is 51.5. The summed E-state index contributed by atoms with van der Waals surface area (Å²) < 4.78 is 30.1. The average molecular weight is 995 g/mol. The van der Waals surface area contributed by atoms with Crippen molar-refractivity contribution in [1.29, 1.82) is 0 Å². The van der Waals surface area contributed by atoms with Gasteiger partial charge in [-0.15, -0.1) is 0 Å². The van der Waals surface area contributed by atoms with Gasteiger partial charge in [-0.2, -0.15) is 0 Å². The second-order valence-electron chi connectivity index (χ2n) is 19.3. The minimum Gasteiger partial charge on any atom is -0.756 e. The lowest BCUT2D eigenvalue weighted by molar-refractivity contribution is -0.870. The summed E-state index contributed by atoms with van der Waals surface area (Å²) in [5.41, 5.74) is 0. The molecule has 0 aromatic rings. The van der Waals surface area contributed by atoms with E-state index in [1.54, 1.807) is 6.08 Å². The second kappa shape index (κ2) is 49.3. The fourth-order valence-corrected chi connectivity index (χ4v) is 7.93. The third kappa shape index (κ3) is 49.6. The number of nitrogens with zero attached hydrogens (tertiary/aromatic N) is 1. The lowest BCUT2D eigenvalue weighted by atomic mass is 10.1. The van der Waals surface area contributed by atoms with Gasteiger partial charge in [-0.3, -0.25) is 14.2 Å². The van der Waals surface area contributed by atoms with Crippen molar-refractivity contribution in [3.05, 3.63) is 109 Å². The zero-order valence-corrected chi connectivity index (χ0v) is 46.3. The van der Waals surface area contributed by atoms with Gasteiger partial charge in [0.25, 0.3) is 7.82 Å². The molecule has 0 aromatic heterocycles. The molecule has 9 nitrogen and oxygen atoms in total. The van der Waals surface area contributed by atoms with Gasteiger partial charge in [-0.1, -0.05) is 195 Å². The number of unbranched alkanes of at least 4 members (excludes halogenated alkanes) is 16. The van der Waals surface area contributed by atoms with Gasteiger partial charge < -0.3 is 28.5 Å². The number of allylic oxidation sites excluding steroid dienone is 17. The molecule has 3 atom stereocenters. The molecule has 1 N–H and O–H groups in total. The Morgan fingerprint density at radius 3 is 1.39 bits per heavy atom. The van der Waals surface area contributed by atoms with E-state index in [2.05, 4.69) is 123 Å². The third-order valence-corrected chi connectivity index (χ3v) is 12.4. The Labute approximate surface area is 430 Å². The molecule has 0 saturated carbocycles. The van der Waals surface area contributed by atoms with Crippen LogP contribution in [0.2, 0.25) is 0 Å². The summed E-state index contributed by atoms with van der Waals surface area (Å²) in [7, 11) is 1.13. The summed E-state index contributed by atoms with van der Waals surface area (Å²) >= 11 is 0. The molecular formula is C60H103N2O7P. The van der Waals surface area contributed by atoms with Gasteiger partial charge in [0.05, 0.1) is 33.8 Å². The molecule has 0 fully saturated rings. The smallest absolute Gasteiger partial charge is 0.306 e. The lowest BCUT2D eigenvalue weighted by Crippen LogP contribution is -2.47. The number of ether oxygens (including phenoxy) is 1. The van der Waals surface area contributed by atoms with Gasteiger partial charge in [0.1, 0.15) is 19.3 Å². The molecule has 0 spiro atoms. The fourth-order valence-electron chi connectivity index (χ4n) is 7.21. The number of esters is 1. The SMILES string of the molecule is CC/C=C\C/C=C\C/C=C\C/C=C\C/C=C\CCCCCC(=O)OC(/C=C/CCCCCCCCCCC)C(COP(=O)([O-])OCC[N+](C)(C)C)NC(=O)CCCCCC/C=C/C/C=C/C/C=C/CC. The number of amides is 1. The molecule has 0 bridgehead atoms. The predicted molar refractivity (Wildman–Crippen MR) is 297 cm³/mol. The Kier molecular flexibility index (Phi) is 46.9. The molecule has 0 heterocycles. The predicted octanol–water partition coefficient (Wildman–Crippen LogP) is 16.0. The number of nitrogens with one attached hydrogen (secondary N) is 1. The van der Waals surface area contributed by atoms with E-state index in [1.807, 2.05) is 27.2 Å². The van der Waals surface area contributed by atoms with Crippen molar-refractivity contribution in [3.63, 3.8) is 0 Å². The normalized spacial score (nSPS) is 14.7. The van der Waals surface area contributed by atoms with Gasteiger partial charge in [0.2, 0.25) is 5.91 Å². The molecule has 10 heteroatoms. The molecule has 0 aromatic carbocycles. The molecule has 400 valence electrons. The number of carbonyl (C=O) groups is 2. The van der Waals surface area contributed by atoms with Crippen molar-refractivity contribution in [2.24, 2.45) is 0 Å². The first-order valence-electron chi connectivity index (χ1n) is 27.7. The maximum absolute atomic E-state index is 13.4. The Hall–Kier alpha value is -3.33. The van der Waals surface area contributed by atoms with Crippen LogP contribution in [0.25, 0.3) is 0 Å². The van der Waals surface area contributed by atoms with Gasteiger partial charge in [0.15, 0.2) is 0 Å². The molecule has 3 unspecified atom stereocenters. The molecule has 1 amide bonds. The third-order valence-electron chi connectivity index (χ3n) is 11.4. The average Bonchev–Trinajstić information content (AvgIpc) is 3.32. The Balaban J connectivity index is 5.44. The number of rotatable bonds is 48. The topological polar surface area (TPSA) is 114 Å². The highest BCUT2D eigenvalue weighted by Gasteiger charge is 2.27.